The van der Waals surface area contributed by atoms with Crippen molar-refractivity contribution in [2.24, 2.45) is 5.73 Å². The van der Waals surface area contributed by atoms with Gasteiger partial charge < -0.3 is 16.0 Å². The number of anilines is 1. The Balaban J connectivity index is 0.00000200. The highest BCUT2D eigenvalue weighted by Gasteiger charge is 2.21. The normalized spacial score (nSPS) is 13.5. The molecule has 20 heavy (non-hydrogen) atoms. The van der Waals surface area contributed by atoms with E-state index < -0.39 is 0 Å². The highest BCUT2D eigenvalue weighted by molar-refractivity contribution is 5.99. The summed E-state index contributed by atoms with van der Waals surface area (Å²) in [5.41, 5.74) is 7.77. The number of carbonyl (C=O) groups excluding carboxylic acids is 2. The van der Waals surface area contributed by atoms with Crippen LogP contribution in [0.4, 0.5) is 5.69 Å². The summed E-state index contributed by atoms with van der Waals surface area (Å²) in [6, 6.07) is 5.52. The van der Waals surface area contributed by atoms with Crippen molar-refractivity contribution in [3.8, 4) is 0 Å². The van der Waals surface area contributed by atoms with Crippen molar-refractivity contribution in [2.45, 2.75) is 19.3 Å². The fourth-order valence-electron chi connectivity index (χ4n) is 2.15. The van der Waals surface area contributed by atoms with Gasteiger partial charge in [-0.15, -0.1) is 12.4 Å². The minimum absolute atomic E-state index is 0. The van der Waals surface area contributed by atoms with E-state index in [1.54, 1.807) is 18.0 Å². The van der Waals surface area contributed by atoms with Gasteiger partial charge in [0.1, 0.15) is 0 Å². The lowest BCUT2D eigenvalue weighted by Crippen LogP contribution is -2.34. The predicted octanol–water partition coefficient (Wildman–Crippen LogP) is 1.41. The van der Waals surface area contributed by atoms with E-state index in [0.717, 1.165) is 18.5 Å². The molecule has 110 valence electrons. The summed E-state index contributed by atoms with van der Waals surface area (Å²) in [5.74, 6) is -0.0543. The van der Waals surface area contributed by atoms with E-state index in [1.165, 1.54) is 0 Å². The van der Waals surface area contributed by atoms with E-state index >= 15 is 0 Å². The molecule has 2 amide bonds. The van der Waals surface area contributed by atoms with Crippen LogP contribution in [0.15, 0.2) is 18.2 Å². The summed E-state index contributed by atoms with van der Waals surface area (Å²) in [5, 5.41) is 2.80. The first-order chi connectivity index (χ1) is 9.11. The lowest BCUT2D eigenvalue weighted by molar-refractivity contribution is -0.116. The molecule has 3 N–H and O–H groups in total. The van der Waals surface area contributed by atoms with Crippen molar-refractivity contribution in [1.29, 1.82) is 0 Å². The number of hydrogen-bond acceptors (Lipinski definition) is 3. The Hall–Kier alpha value is -1.59. The van der Waals surface area contributed by atoms with Gasteiger partial charge in [0.25, 0.3) is 5.91 Å². The second-order valence-electron chi connectivity index (χ2n) is 4.79. The maximum atomic E-state index is 12.0. The van der Waals surface area contributed by atoms with Crippen molar-refractivity contribution in [3.63, 3.8) is 0 Å². The number of likely N-dealkylation sites (N-methyl/N-ethyl adjacent to an activating group) is 1. The number of rotatable bonds is 4. The topological polar surface area (TPSA) is 75.4 Å². The Morgan fingerprint density at radius 3 is 2.90 bits per heavy atom. The van der Waals surface area contributed by atoms with Gasteiger partial charge in [0.2, 0.25) is 5.91 Å². The summed E-state index contributed by atoms with van der Waals surface area (Å²) in [4.78, 5) is 25.3. The van der Waals surface area contributed by atoms with Crippen LogP contribution in [0, 0.1) is 0 Å². The average molecular weight is 298 g/mol. The Morgan fingerprint density at radius 1 is 1.45 bits per heavy atom. The summed E-state index contributed by atoms with van der Waals surface area (Å²) in [6.07, 6.45) is 1.93. The molecule has 2 rings (SSSR count). The summed E-state index contributed by atoms with van der Waals surface area (Å²) < 4.78 is 0. The highest BCUT2D eigenvalue weighted by atomic mass is 35.5. The lowest BCUT2D eigenvalue weighted by Gasteiger charge is -2.25. The number of nitrogens with one attached hydrogen (secondary N) is 1. The van der Waals surface area contributed by atoms with Crippen molar-refractivity contribution >= 4 is 29.9 Å². The van der Waals surface area contributed by atoms with Crippen molar-refractivity contribution in [3.05, 3.63) is 29.3 Å². The standard InChI is InChI=1S/C14H19N3O2.ClH/c1-17-8-6-10-4-5-11(9-12(10)14(17)19)16-13(18)3-2-7-15;/h4-5,9H,2-3,6-8,15H2,1H3,(H,16,18);1H. The van der Waals surface area contributed by atoms with E-state index in [-0.39, 0.29) is 24.2 Å². The number of amides is 2. The molecule has 1 aromatic rings. The van der Waals surface area contributed by atoms with Crippen LogP contribution in [0.5, 0.6) is 0 Å². The Morgan fingerprint density at radius 2 is 2.20 bits per heavy atom. The molecule has 0 bridgehead atoms. The highest BCUT2D eigenvalue weighted by Crippen LogP contribution is 2.22. The average Bonchev–Trinajstić information content (AvgIpc) is 2.41. The third kappa shape index (κ3) is 3.71. The number of fused-ring (bicyclic) bond motifs is 1. The van der Waals surface area contributed by atoms with Gasteiger partial charge in [0.05, 0.1) is 0 Å². The van der Waals surface area contributed by atoms with E-state index in [0.29, 0.717) is 30.6 Å². The minimum atomic E-state index is -0.0676. The zero-order valence-electron chi connectivity index (χ0n) is 11.5. The first-order valence-corrected chi connectivity index (χ1v) is 6.50. The molecule has 1 heterocycles. The second kappa shape index (κ2) is 7.26. The van der Waals surface area contributed by atoms with E-state index in [4.69, 9.17) is 5.73 Å². The Bertz CT molecular complexity index is 505. The van der Waals surface area contributed by atoms with Gasteiger partial charge in [-0.05, 0) is 37.1 Å². The van der Waals surface area contributed by atoms with E-state index in [9.17, 15) is 9.59 Å². The van der Waals surface area contributed by atoms with Gasteiger partial charge in [0.15, 0.2) is 0 Å². The first kappa shape index (κ1) is 16.5. The summed E-state index contributed by atoms with van der Waals surface area (Å²) in [7, 11) is 1.79. The fourth-order valence-corrected chi connectivity index (χ4v) is 2.15. The molecular weight excluding hydrogens is 278 g/mol. The van der Waals surface area contributed by atoms with Crippen LogP contribution in [0.2, 0.25) is 0 Å². The van der Waals surface area contributed by atoms with Crippen molar-refractivity contribution in [2.75, 3.05) is 25.5 Å². The van der Waals surface area contributed by atoms with Crippen LogP contribution in [-0.4, -0.2) is 36.9 Å². The van der Waals surface area contributed by atoms with Crippen LogP contribution < -0.4 is 11.1 Å². The maximum absolute atomic E-state index is 12.0. The molecule has 0 aliphatic carbocycles. The zero-order valence-corrected chi connectivity index (χ0v) is 12.3. The molecule has 0 unspecified atom stereocenters. The van der Waals surface area contributed by atoms with Crippen LogP contribution in [0.25, 0.3) is 0 Å². The van der Waals surface area contributed by atoms with Gasteiger partial charge in [-0.1, -0.05) is 6.07 Å². The van der Waals surface area contributed by atoms with Gasteiger partial charge in [0, 0.05) is 31.3 Å². The fraction of sp³-hybridized carbons (Fsp3) is 0.429. The SMILES string of the molecule is CN1CCc2ccc(NC(=O)CCCN)cc2C1=O.Cl. The largest absolute Gasteiger partial charge is 0.341 e. The molecular formula is C14H20ClN3O2. The molecule has 0 atom stereocenters. The Kier molecular flexibility index (Phi) is 5.98. The molecule has 0 fully saturated rings. The van der Waals surface area contributed by atoms with E-state index in [2.05, 4.69) is 5.32 Å². The maximum Gasteiger partial charge on any atom is 0.253 e. The van der Waals surface area contributed by atoms with Crippen LogP contribution in [-0.2, 0) is 11.2 Å². The third-order valence-corrected chi connectivity index (χ3v) is 3.30. The molecule has 1 aliphatic heterocycles. The van der Waals surface area contributed by atoms with Gasteiger partial charge in [-0.2, -0.15) is 0 Å². The van der Waals surface area contributed by atoms with Gasteiger partial charge in [-0.25, -0.2) is 0 Å². The predicted molar refractivity (Wildman–Crippen MR) is 81.3 cm³/mol. The van der Waals surface area contributed by atoms with Crippen LogP contribution in [0.3, 0.4) is 0 Å². The molecule has 0 spiro atoms. The van der Waals surface area contributed by atoms with Gasteiger partial charge >= 0.3 is 0 Å². The van der Waals surface area contributed by atoms with Crippen LogP contribution in [0.1, 0.15) is 28.8 Å². The number of benzene rings is 1. The quantitative estimate of drug-likeness (QED) is 0.882. The monoisotopic (exact) mass is 297 g/mol. The number of carbonyl (C=O) groups is 2. The Labute approximate surface area is 124 Å². The molecule has 1 aliphatic rings. The molecule has 1 aromatic carbocycles. The summed E-state index contributed by atoms with van der Waals surface area (Å²) in [6.45, 7) is 1.24. The number of nitrogens with two attached hydrogens (primary N) is 1. The molecule has 0 radical (unpaired) electrons. The van der Waals surface area contributed by atoms with Gasteiger partial charge in [-0.3, -0.25) is 9.59 Å². The van der Waals surface area contributed by atoms with Crippen LogP contribution >= 0.6 is 12.4 Å². The zero-order chi connectivity index (χ0) is 13.8. The second-order valence-corrected chi connectivity index (χ2v) is 4.79. The molecule has 0 saturated carbocycles. The molecule has 5 nitrogen and oxygen atoms in total. The lowest BCUT2D eigenvalue weighted by atomic mass is 9.98. The number of nitrogens with zero attached hydrogens (tertiary/aromatic N) is 1. The molecule has 0 aromatic heterocycles. The van der Waals surface area contributed by atoms with Crippen molar-refractivity contribution in [1.82, 2.24) is 4.90 Å². The smallest absolute Gasteiger partial charge is 0.253 e. The van der Waals surface area contributed by atoms with Crippen molar-refractivity contribution < 1.29 is 9.59 Å². The minimum Gasteiger partial charge on any atom is -0.341 e. The number of halogens is 1. The first-order valence-electron chi connectivity index (χ1n) is 6.50. The number of hydrogen-bond donors (Lipinski definition) is 2. The van der Waals surface area contributed by atoms with E-state index in [1.807, 2.05) is 12.1 Å². The third-order valence-electron chi connectivity index (χ3n) is 3.30. The summed E-state index contributed by atoms with van der Waals surface area (Å²) >= 11 is 0. The molecule has 0 saturated heterocycles. The molecule has 6 heteroatoms.